The van der Waals surface area contributed by atoms with Gasteiger partial charge in [-0.05, 0) is 49.5 Å². The third-order valence-electron chi connectivity index (χ3n) is 5.87. The standard InChI is InChI=1S/C26H31N7O3.CH4O2S/c1-5-25(34)28-18-6-9-22(35-3)21(16-18)30-26-27-11-10-24(31-26)29-20-8-7-19(17-23(20)36-4)33-14-12-32(2)13-15-33;1-4(2)3/h5-11,16-17H,1,12-15H2,2-4H3,(H,28,34)(H2,27,29,30,31);1H3,(H,2,3). The molecule has 0 spiro atoms. The van der Waals surface area contributed by atoms with Gasteiger partial charge in [0.15, 0.2) is 0 Å². The van der Waals surface area contributed by atoms with Gasteiger partial charge in [-0.15, -0.1) is 0 Å². The molecule has 3 aromatic rings. The topological polar surface area (TPSA) is 141 Å². The number of hydrogen-bond acceptors (Lipinski definition) is 10. The SMILES string of the molecule is C=CC(=O)Nc1ccc(OC)c(Nc2nccc(Nc3ccc(N4CCN(C)CC4)cc3OC)n2)c1.CS(=O)O. The molecule has 1 aromatic heterocycles. The number of anilines is 6. The van der Waals surface area contributed by atoms with Crippen LogP contribution >= 0.6 is 0 Å². The Labute approximate surface area is 236 Å². The summed E-state index contributed by atoms with van der Waals surface area (Å²) in [5.41, 5.74) is 3.12. The van der Waals surface area contributed by atoms with E-state index >= 15 is 0 Å². The summed E-state index contributed by atoms with van der Waals surface area (Å²) in [5, 5.41) is 9.21. The second-order valence-corrected chi connectivity index (χ2v) is 9.57. The summed E-state index contributed by atoms with van der Waals surface area (Å²) in [7, 11) is 5.37. The number of aromatic nitrogens is 2. The molecule has 4 N–H and O–H groups in total. The number of nitrogens with zero attached hydrogens (tertiary/aromatic N) is 4. The van der Waals surface area contributed by atoms with Crippen molar-refractivity contribution < 1.29 is 23.0 Å². The van der Waals surface area contributed by atoms with Gasteiger partial charge in [-0.3, -0.25) is 4.79 Å². The van der Waals surface area contributed by atoms with Crippen molar-refractivity contribution in [3.63, 3.8) is 0 Å². The van der Waals surface area contributed by atoms with Crippen LogP contribution in [0.25, 0.3) is 0 Å². The van der Waals surface area contributed by atoms with Gasteiger partial charge in [-0.25, -0.2) is 9.19 Å². The van der Waals surface area contributed by atoms with Crippen LogP contribution in [0, 0.1) is 0 Å². The Kier molecular flexibility index (Phi) is 11.2. The minimum atomic E-state index is -1.61. The van der Waals surface area contributed by atoms with Gasteiger partial charge in [0.2, 0.25) is 11.9 Å². The van der Waals surface area contributed by atoms with Gasteiger partial charge in [0.25, 0.3) is 0 Å². The summed E-state index contributed by atoms with van der Waals surface area (Å²) in [6.07, 6.45) is 4.06. The first-order valence-electron chi connectivity index (χ1n) is 12.3. The Bertz CT molecular complexity index is 1330. The first-order chi connectivity index (χ1) is 19.2. The molecule has 1 unspecified atom stereocenters. The lowest BCUT2D eigenvalue weighted by molar-refractivity contribution is -0.111. The summed E-state index contributed by atoms with van der Waals surface area (Å²) in [5.74, 6) is 1.95. The van der Waals surface area contributed by atoms with Crippen LogP contribution in [0.1, 0.15) is 0 Å². The molecule has 0 bridgehead atoms. The first kappa shape index (κ1) is 30.3. The van der Waals surface area contributed by atoms with E-state index in [2.05, 4.69) is 55.4 Å². The molecule has 2 heterocycles. The number of piperazine rings is 1. The molecule has 1 aliphatic heterocycles. The van der Waals surface area contributed by atoms with Crippen molar-refractivity contribution in [3.05, 3.63) is 61.3 Å². The van der Waals surface area contributed by atoms with Gasteiger partial charge in [-0.2, -0.15) is 4.98 Å². The maximum Gasteiger partial charge on any atom is 0.247 e. The third kappa shape index (κ3) is 8.93. The van der Waals surface area contributed by atoms with Crippen molar-refractivity contribution >= 4 is 51.5 Å². The number of benzene rings is 2. The fourth-order valence-electron chi connectivity index (χ4n) is 3.87. The normalized spacial score (nSPS) is 13.8. The fourth-order valence-corrected chi connectivity index (χ4v) is 3.87. The van der Waals surface area contributed by atoms with Crippen molar-refractivity contribution in [2.45, 2.75) is 0 Å². The number of likely N-dealkylation sites (N-methyl/N-ethyl adjacent to an activating group) is 1. The number of nitrogens with one attached hydrogen (secondary N) is 3. The second-order valence-electron chi connectivity index (χ2n) is 8.72. The average Bonchev–Trinajstić information content (AvgIpc) is 2.94. The molecule has 1 atom stereocenters. The molecule has 1 amide bonds. The number of amides is 1. The van der Waals surface area contributed by atoms with E-state index in [0.717, 1.165) is 43.3 Å². The molecule has 13 heteroatoms. The Hall–Kier alpha value is -4.20. The van der Waals surface area contributed by atoms with E-state index in [0.29, 0.717) is 28.9 Å². The predicted octanol–water partition coefficient (Wildman–Crippen LogP) is 3.70. The summed E-state index contributed by atoms with van der Waals surface area (Å²) >= 11 is -1.61. The monoisotopic (exact) mass is 569 g/mol. The Morgan fingerprint density at radius 1 is 1.02 bits per heavy atom. The number of rotatable bonds is 9. The van der Waals surface area contributed by atoms with Crippen molar-refractivity contribution in [1.82, 2.24) is 14.9 Å². The number of methoxy groups -OCH3 is 2. The second kappa shape index (κ2) is 14.8. The van der Waals surface area contributed by atoms with E-state index in [-0.39, 0.29) is 5.91 Å². The first-order valence-corrected chi connectivity index (χ1v) is 13.9. The quantitative estimate of drug-likeness (QED) is 0.221. The van der Waals surface area contributed by atoms with E-state index in [4.69, 9.17) is 18.2 Å². The molecule has 2 aromatic carbocycles. The predicted molar refractivity (Wildman–Crippen MR) is 160 cm³/mol. The summed E-state index contributed by atoms with van der Waals surface area (Å²) in [4.78, 5) is 25.3. The van der Waals surface area contributed by atoms with Gasteiger partial charge in [-0.1, -0.05) is 6.58 Å². The summed E-state index contributed by atoms with van der Waals surface area (Å²) in [6.45, 7) is 7.51. The highest BCUT2D eigenvalue weighted by Crippen LogP contribution is 2.33. The Morgan fingerprint density at radius 2 is 1.73 bits per heavy atom. The highest BCUT2D eigenvalue weighted by molar-refractivity contribution is 7.78. The molecule has 1 saturated heterocycles. The molecule has 0 saturated carbocycles. The molecular formula is C27H35N7O5S. The minimum Gasteiger partial charge on any atom is -0.495 e. The Balaban J connectivity index is 0.00000103. The van der Waals surface area contributed by atoms with Crippen molar-refractivity contribution in [2.75, 3.05) is 74.6 Å². The maximum absolute atomic E-state index is 11.7. The molecule has 214 valence electrons. The van der Waals surface area contributed by atoms with Crippen molar-refractivity contribution in [3.8, 4) is 11.5 Å². The fraction of sp³-hybridized carbons (Fsp3) is 0.296. The van der Waals surface area contributed by atoms with Gasteiger partial charge in [0, 0.05) is 56.1 Å². The maximum atomic E-state index is 11.7. The lowest BCUT2D eigenvalue weighted by Gasteiger charge is -2.34. The molecule has 1 fully saturated rings. The lowest BCUT2D eigenvalue weighted by atomic mass is 10.2. The number of carbonyl (C=O) groups excluding carboxylic acids is 1. The third-order valence-corrected chi connectivity index (χ3v) is 5.87. The van der Waals surface area contributed by atoms with Gasteiger partial charge in [0.1, 0.15) is 28.4 Å². The van der Waals surface area contributed by atoms with Crippen LogP contribution in [-0.2, 0) is 15.9 Å². The van der Waals surface area contributed by atoms with Gasteiger partial charge in [0.05, 0.1) is 25.6 Å². The zero-order chi connectivity index (χ0) is 29.1. The molecule has 4 rings (SSSR count). The van der Waals surface area contributed by atoms with Crippen LogP contribution in [0.15, 0.2) is 61.3 Å². The smallest absolute Gasteiger partial charge is 0.247 e. The Morgan fingerprint density at radius 3 is 2.38 bits per heavy atom. The number of hydrogen-bond donors (Lipinski definition) is 4. The highest BCUT2D eigenvalue weighted by Gasteiger charge is 2.16. The molecule has 0 radical (unpaired) electrons. The molecular weight excluding hydrogens is 534 g/mol. The summed E-state index contributed by atoms with van der Waals surface area (Å²) < 4.78 is 27.7. The van der Waals surface area contributed by atoms with Crippen molar-refractivity contribution in [1.29, 1.82) is 0 Å². The van der Waals surface area contributed by atoms with Crippen molar-refractivity contribution in [2.24, 2.45) is 0 Å². The summed E-state index contributed by atoms with van der Waals surface area (Å²) in [6, 6.07) is 13.1. The zero-order valence-electron chi connectivity index (χ0n) is 23.0. The largest absolute Gasteiger partial charge is 0.495 e. The average molecular weight is 570 g/mol. The van der Waals surface area contributed by atoms with Gasteiger partial charge < -0.3 is 39.8 Å². The number of carbonyl (C=O) groups is 1. The van der Waals surface area contributed by atoms with Crippen LogP contribution in [0.2, 0.25) is 0 Å². The molecule has 1 aliphatic rings. The lowest BCUT2D eigenvalue weighted by Crippen LogP contribution is -2.44. The van der Waals surface area contributed by atoms with Crippen LogP contribution in [0.5, 0.6) is 11.5 Å². The minimum absolute atomic E-state index is 0.304. The van der Waals surface area contributed by atoms with E-state index in [9.17, 15) is 4.79 Å². The molecule has 12 nitrogen and oxygen atoms in total. The van der Waals surface area contributed by atoms with E-state index < -0.39 is 11.1 Å². The van der Waals surface area contributed by atoms with Crippen LogP contribution < -0.4 is 30.3 Å². The highest BCUT2D eigenvalue weighted by atomic mass is 32.2. The van der Waals surface area contributed by atoms with Crippen LogP contribution in [0.3, 0.4) is 0 Å². The van der Waals surface area contributed by atoms with Gasteiger partial charge >= 0.3 is 0 Å². The number of ether oxygens (including phenoxy) is 2. The van der Waals surface area contributed by atoms with E-state index in [1.54, 1.807) is 44.7 Å². The van der Waals surface area contributed by atoms with Crippen LogP contribution in [0.4, 0.5) is 34.5 Å². The molecule has 40 heavy (non-hydrogen) atoms. The van der Waals surface area contributed by atoms with E-state index in [1.165, 1.54) is 12.3 Å². The zero-order valence-corrected chi connectivity index (χ0v) is 23.8. The van der Waals surface area contributed by atoms with Crippen LogP contribution in [-0.4, -0.2) is 83.2 Å². The van der Waals surface area contributed by atoms with E-state index in [1.807, 2.05) is 12.1 Å². The molecule has 0 aliphatic carbocycles.